The van der Waals surface area contributed by atoms with Gasteiger partial charge in [0.2, 0.25) is 11.8 Å². The number of ketones is 1. The fourth-order valence-electron chi connectivity index (χ4n) is 2.48. The van der Waals surface area contributed by atoms with E-state index in [-0.39, 0.29) is 32.9 Å². The van der Waals surface area contributed by atoms with Crippen molar-refractivity contribution < 1.29 is 43.3 Å². The molecule has 1 aromatic carbocycles. The summed E-state index contributed by atoms with van der Waals surface area (Å²) in [5, 5.41) is 14.6. The number of Topliss-reactive ketones (excluding diaryl/α,β-unsaturated/α-hetero) is 1. The van der Waals surface area contributed by atoms with Crippen LogP contribution >= 0.6 is 0 Å². The lowest BCUT2D eigenvalue weighted by atomic mass is 9.97. The third-order valence-corrected chi connectivity index (χ3v) is 4.13. The Labute approximate surface area is 198 Å². The fraction of sp³-hybridized carbons (Fsp3) is 0.522. The van der Waals surface area contributed by atoms with Crippen molar-refractivity contribution >= 4 is 29.5 Å². The summed E-state index contributed by atoms with van der Waals surface area (Å²) < 4.78 is 15.1. The molecule has 11 nitrogen and oxygen atoms in total. The lowest BCUT2D eigenvalue weighted by molar-refractivity contribution is -0.148. The first-order valence-corrected chi connectivity index (χ1v) is 10.9. The van der Waals surface area contributed by atoms with Crippen molar-refractivity contribution in [2.75, 3.05) is 32.9 Å². The van der Waals surface area contributed by atoms with Gasteiger partial charge >= 0.3 is 11.9 Å². The standard InChI is InChI=1S/C23H32N2O9/c1-4-11-33-20(28)14-18(26)24-9-10-25-19(27)15-21(29)34-13-12-32-17-7-5-16(6-8-17)22(30)23(2,3)31/h5-8,31H,4,9-15H2,1-3H3,(H,24,26)(H,25,27). The molecule has 1 aromatic rings. The van der Waals surface area contributed by atoms with E-state index in [9.17, 15) is 29.1 Å². The van der Waals surface area contributed by atoms with Crippen LogP contribution in [0.2, 0.25) is 0 Å². The lowest BCUT2D eigenvalue weighted by Gasteiger charge is -2.15. The van der Waals surface area contributed by atoms with Crippen LogP contribution in [0.4, 0.5) is 0 Å². The highest BCUT2D eigenvalue weighted by Crippen LogP contribution is 2.17. The van der Waals surface area contributed by atoms with Crippen molar-refractivity contribution in [2.24, 2.45) is 0 Å². The molecule has 3 N–H and O–H groups in total. The largest absolute Gasteiger partial charge is 0.490 e. The van der Waals surface area contributed by atoms with Gasteiger partial charge in [0.1, 0.15) is 37.4 Å². The van der Waals surface area contributed by atoms with E-state index in [2.05, 4.69) is 10.6 Å². The molecule has 188 valence electrons. The number of carbonyl (C=O) groups is 5. The number of amides is 2. The molecule has 0 saturated heterocycles. The molecule has 0 aliphatic heterocycles. The predicted octanol–water partition coefficient (Wildman–Crippen LogP) is 0.528. The second-order valence-electron chi connectivity index (χ2n) is 7.76. The molecule has 0 heterocycles. The Kier molecular flexibility index (Phi) is 12.3. The Balaban J connectivity index is 2.16. The maximum Gasteiger partial charge on any atom is 0.315 e. The first kappa shape index (κ1) is 28.6. The number of ether oxygens (including phenoxy) is 3. The number of hydrogen-bond donors (Lipinski definition) is 3. The zero-order valence-corrected chi connectivity index (χ0v) is 19.7. The zero-order chi connectivity index (χ0) is 25.6. The summed E-state index contributed by atoms with van der Waals surface area (Å²) in [5.74, 6) is -2.42. The van der Waals surface area contributed by atoms with Crippen molar-refractivity contribution in [3.8, 4) is 5.75 Å². The maximum absolute atomic E-state index is 12.0. The van der Waals surface area contributed by atoms with Crippen LogP contribution in [0.5, 0.6) is 5.75 Å². The van der Waals surface area contributed by atoms with E-state index in [0.717, 1.165) is 0 Å². The Morgan fingerprint density at radius 2 is 1.32 bits per heavy atom. The van der Waals surface area contributed by atoms with Crippen LogP contribution in [0.3, 0.4) is 0 Å². The Morgan fingerprint density at radius 3 is 1.79 bits per heavy atom. The van der Waals surface area contributed by atoms with Gasteiger partial charge in [0.05, 0.1) is 6.61 Å². The molecule has 0 aromatic heterocycles. The highest BCUT2D eigenvalue weighted by atomic mass is 16.6. The summed E-state index contributed by atoms with van der Waals surface area (Å²) in [6, 6.07) is 6.15. The van der Waals surface area contributed by atoms with E-state index in [1.807, 2.05) is 6.92 Å². The minimum Gasteiger partial charge on any atom is -0.490 e. The average Bonchev–Trinajstić information content (AvgIpc) is 2.77. The third kappa shape index (κ3) is 12.0. The minimum absolute atomic E-state index is 0.0405. The SMILES string of the molecule is CCCOC(=O)CC(=O)NCCNC(=O)CC(=O)OCCOc1ccc(C(=O)C(C)(C)O)cc1. The fourth-order valence-corrected chi connectivity index (χ4v) is 2.48. The van der Waals surface area contributed by atoms with Crippen molar-refractivity contribution in [3.05, 3.63) is 29.8 Å². The minimum atomic E-state index is -1.47. The molecule has 0 aliphatic rings. The lowest BCUT2D eigenvalue weighted by Crippen LogP contribution is -2.36. The molecular formula is C23H32N2O9. The van der Waals surface area contributed by atoms with E-state index in [1.165, 1.54) is 26.0 Å². The summed E-state index contributed by atoms with van der Waals surface area (Å²) in [6.07, 6.45) is -0.229. The van der Waals surface area contributed by atoms with E-state index in [0.29, 0.717) is 17.7 Å². The Hall–Kier alpha value is -3.47. The number of aliphatic hydroxyl groups is 1. The van der Waals surface area contributed by atoms with Crippen LogP contribution in [-0.2, 0) is 28.7 Å². The monoisotopic (exact) mass is 480 g/mol. The number of carbonyl (C=O) groups excluding carboxylic acids is 5. The Morgan fingerprint density at radius 1 is 0.824 bits per heavy atom. The van der Waals surface area contributed by atoms with E-state index in [1.54, 1.807) is 12.1 Å². The molecule has 0 saturated carbocycles. The summed E-state index contributed by atoms with van der Waals surface area (Å²) in [4.78, 5) is 58.2. The molecule has 0 radical (unpaired) electrons. The van der Waals surface area contributed by atoms with Gasteiger partial charge in [0.25, 0.3) is 0 Å². The quantitative estimate of drug-likeness (QED) is 0.141. The summed E-state index contributed by atoms with van der Waals surface area (Å²) in [6.45, 7) is 5.03. The normalized spacial score (nSPS) is 10.7. The number of hydrogen-bond acceptors (Lipinski definition) is 9. The van der Waals surface area contributed by atoms with Crippen molar-refractivity contribution in [1.29, 1.82) is 0 Å². The average molecular weight is 481 g/mol. The van der Waals surface area contributed by atoms with Gasteiger partial charge in [-0.15, -0.1) is 0 Å². The van der Waals surface area contributed by atoms with Crippen molar-refractivity contribution in [1.82, 2.24) is 10.6 Å². The topological polar surface area (TPSA) is 157 Å². The predicted molar refractivity (Wildman–Crippen MR) is 120 cm³/mol. The summed E-state index contributed by atoms with van der Waals surface area (Å²) in [5.41, 5.74) is -1.13. The smallest absolute Gasteiger partial charge is 0.315 e. The van der Waals surface area contributed by atoms with Gasteiger partial charge < -0.3 is 30.0 Å². The highest BCUT2D eigenvalue weighted by molar-refractivity contribution is 6.01. The molecule has 0 spiro atoms. The number of esters is 2. The summed E-state index contributed by atoms with van der Waals surface area (Å²) in [7, 11) is 0. The van der Waals surface area contributed by atoms with Crippen molar-refractivity contribution in [3.63, 3.8) is 0 Å². The van der Waals surface area contributed by atoms with Gasteiger partial charge in [-0.1, -0.05) is 6.92 Å². The van der Waals surface area contributed by atoms with E-state index < -0.39 is 48.0 Å². The second kappa shape index (κ2) is 14.6. The van der Waals surface area contributed by atoms with Gasteiger partial charge in [-0.2, -0.15) is 0 Å². The molecular weight excluding hydrogens is 448 g/mol. The first-order chi connectivity index (χ1) is 16.0. The molecule has 1 rings (SSSR count). The van der Waals surface area contributed by atoms with Crippen LogP contribution in [0.25, 0.3) is 0 Å². The molecule has 11 heteroatoms. The zero-order valence-electron chi connectivity index (χ0n) is 19.7. The summed E-state index contributed by atoms with van der Waals surface area (Å²) >= 11 is 0. The molecule has 0 bridgehead atoms. The van der Waals surface area contributed by atoms with Gasteiger partial charge in [-0.25, -0.2) is 0 Å². The van der Waals surface area contributed by atoms with Crippen molar-refractivity contribution in [2.45, 2.75) is 45.6 Å². The van der Waals surface area contributed by atoms with Crippen LogP contribution < -0.4 is 15.4 Å². The highest BCUT2D eigenvalue weighted by Gasteiger charge is 2.25. The maximum atomic E-state index is 12.0. The molecule has 34 heavy (non-hydrogen) atoms. The second-order valence-corrected chi connectivity index (χ2v) is 7.76. The number of nitrogens with one attached hydrogen (secondary N) is 2. The molecule has 0 aliphatic carbocycles. The molecule has 0 fully saturated rings. The Bertz CT molecular complexity index is 845. The van der Waals surface area contributed by atoms with E-state index >= 15 is 0 Å². The van der Waals surface area contributed by atoms with Gasteiger partial charge in [0, 0.05) is 18.7 Å². The first-order valence-electron chi connectivity index (χ1n) is 10.9. The van der Waals surface area contributed by atoms with Crippen LogP contribution in [0.15, 0.2) is 24.3 Å². The third-order valence-electron chi connectivity index (χ3n) is 4.13. The van der Waals surface area contributed by atoms with Gasteiger partial charge in [0.15, 0.2) is 5.78 Å². The number of benzene rings is 1. The molecule has 0 unspecified atom stereocenters. The molecule has 2 amide bonds. The van der Waals surface area contributed by atoms with Crippen LogP contribution in [0, 0.1) is 0 Å². The van der Waals surface area contributed by atoms with Gasteiger partial charge in [-0.3, -0.25) is 24.0 Å². The van der Waals surface area contributed by atoms with Gasteiger partial charge in [-0.05, 0) is 44.5 Å². The van der Waals surface area contributed by atoms with E-state index in [4.69, 9.17) is 14.2 Å². The number of rotatable bonds is 15. The van der Waals surface area contributed by atoms with Crippen LogP contribution in [-0.4, -0.2) is 73.2 Å². The van der Waals surface area contributed by atoms with Crippen LogP contribution in [0.1, 0.15) is 50.4 Å². The molecule has 0 atom stereocenters.